The largest absolute Gasteiger partial charge is 0.340 e. The van der Waals surface area contributed by atoms with Crippen LogP contribution in [0.1, 0.15) is 40.5 Å². The van der Waals surface area contributed by atoms with Gasteiger partial charge in [0.1, 0.15) is 11.1 Å². The van der Waals surface area contributed by atoms with E-state index in [1.54, 1.807) is 25.8 Å². The zero-order valence-electron chi connectivity index (χ0n) is 10.2. The van der Waals surface area contributed by atoms with Gasteiger partial charge in [-0.2, -0.15) is 0 Å². The maximum atomic E-state index is 12.0. The van der Waals surface area contributed by atoms with Crippen molar-refractivity contribution in [2.45, 2.75) is 51.6 Å². The molecular formula is C11H20N2O2. The fourth-order valence-electron chi connectivity index (χ4n) is 2.27. The number of likely N-dealkylation sites (N-methyl/N-ethyl adjacent to an activating group) is 1. The summed E-state index contributed by atoms with van der Waals surface area (Å²) in [6.45, 7) is 7.34. The summed E-state index contributed by atoms with van der Waals surface area (Å²) in [5.74, 6) is -0.0644. The lowest BCUT2D eigenvalue weighted by atomic mass is 9.83. The first-order valence-corrected chi connectivity index (χ1v) is 5.42. The van der Waals surface area contributed by atoms with Gasteiger partial charge in [0.2, 0.25) is 11.8 Å². The van der Waals surface area contributed by atoms with Crippen molar-refractivity contribution in [1.82, 2.24) is 10.2 Å². The van der Waals surface area contributed by atoms with E-state index in [2.05, 4.69) is 5.32 Å². The van der Waals surface area contributed by atoms with Crippen LogP contribution in [0.5, 0.6) is 0 Å². The van der Waals surface area contributed by atoms with Crippen LogP contribution in [0.2, 0.25) is 0 Å². The maximum Gasteiger partial charge on any atom is 0.248 e. The van der Waals surface area contributed by atoms with Crippen LogP contribution in [0.25, 0.3) is 0 Å². The molecule has 2 amide bonds. The van der Waals surface area contributed by atoms with Crippen molar-refractivity contribution < 1.29 is 9.59 Å². The number of amides is 2. The van der Waals surface area contributed by atoms with E-state index >= 15 is 0 Å². The first-order valence-electron chi connectivity index (χ1n) is 5.42. The van der Waals surface area contributed by atoms with Crippen LogP contribution in [0.15, 0.2) is 0 Å². The predicted molar refractivity (Wildman–Crippen MR) is 58.3 cm³/mol. The fraction of sp³-hybridized carbons (Fsp3) is 0.818. The van der Waals surface area contributed by atoms with Gasteiger partial charge in [-0.1, -0.05) is 13.8 Å². The molecular weight excluding hydrogens is 192 g/mol. The number of rotatable bonds is 2. The number of nitrogens with zero attached hydrogens (tertiary/aromatic N) is 1. The predicted octanol–water partition coefficient (Wildman–Crippen LogP) is 0.912. The van der Waals surface area contributed by atoms with Crippen molar-refractivity contribution in [2.75, 3.05) is 7.05 Å². The second kappa shape index (κ2) is 3.51. The molecule has 1 saturated heterocycles. The van der Waals surface area contributed by atoms with E-state index in [9.17, 15) is 9.59 Å². The summed E-state index contributed by atoms with van der Waals surface area (Å²) in [5.41, 5.74) is -1.44. The Balaban J connectivity index is 3.15. The number of carbonyl (C=O) groups excluding carboxylic acids is 2. The van der Waals surface area contributed by atoms with Crippen LogP contribution in [0, 0.1) is 0 Å². The van der Waals surface area contributed by atoms with Gasteiger partial charge in [0.25, 0.3) is 0 Å². The molecule has 4 heteroatoms. The summed E-state index contributed by atoms with van der Waals surface area (Å²) in [5, 5.41) is 2.80. The Morgan fingerprint density at radius 1 is 1.20 bits per heavy atom. The first-order chi connectivity index (χ1) is 6.81. The molecule has 1 aliphatic rings. The van der Waals surface area contributed by atoms with E-state index in [1.807, 2.05) is 13.8 Å². The summed E-state index contributed by atoms with van der Waals surface area (Å²) in [6.07, 6.45) is 1.29. The molecule has 0 saturated carbocycles. The van der Waals surface area contributed by atoms with Gasteiger partial charge in [-0.3, -0.25) is 9.59 Å². The second-order valence-electron chi connectivity index (χ2n) is 4.68. The van der Waals surface area contributed by atoms with Crippen molar-refractivity contribution in [1.29, 1.82) is 0 Å². The topological polar surface area (TPSA) is 49.4 Å². The Kier molecular flexibility index (Phi) is 2.81. The lowest BCUT2D eigenvalue weighted by Crippen LogP contribution is -2.72. The molecule has 15 heavy (non-hydrogen) atoms. The van der Waals surface area contributed by atoms with Gasteiger partial charge in [0.15, 0.2) is 0 Å². The van der Waals surface area contributed by atoms with Gasteiger partial charge < -0.3 is 10.2 Å². The molecule has 0 unspecified atom stereocenters. The summed E-state index contributed by atoms with van der Waals surface area (Å²) >= 11 is 0. The summed E-state index contributed by atoms with van der Waals surface area (Å²) in [6, 6.07) is 0. The SMILES string of the molecule is CCC1(CC)C(=O)NC(C)(C)C(=O)N1C. The standard InChI is InChI=1S/C11H20N2O2/c1-6-11(7-2)8(14)12-10(3,4)9(15)13(11)5/h6-7H2,1-5H3,(H,12,14). The Morgan fingerprint density at radius 3 is 2.07 bits per heavy atom. The van der Waals surface area contributed by atoms with Crippen LogP contribution < -0.4 is 5.32 Å². The number of carbonyl (C=O) groups is 2. The molecule has 0 aliphatic carbocycles. The van der Waals surface area contributed by atoms with E-state index in [1.165, 1.54) is 0 Å². The third kappa shape index (κ3) is 1.52. The van der Waals surface area contributed by atoms with Gasteiger partial charge in [0, 0.05) is 7.05 Å². The smallest absolute Gasteiger partial charge is 0.248 e. The Morgan fingerprint density at radius 2 is 1.67 bits per heavy atom. The minimum atomic E-state index is -0.778. The minimum Gasteiger partial charge on any atom is -0.340 e. The average Bonchev–Trinajstić information content (AvgIpc) is 2.16. The molecule has 4 nitrogen and oxygen atoms in total. The Bertz CT molecular complexity index is 293. The number of nitrogens with one attached hydrogen (secondary N) is 1. The quantitative estimate of drug-likeness (QED) is 0.739. The van der Waals surface area contributed by atoms with Gasteiger partial charge >= 0.3 is 0 Å². The molecule has 0 atom stereocenters. The molecule has 0 radical (unpaired) electrons. The van der Waals surface area contributed by atoms with Crippen LogP contribution >= 0.6 is 0 Å². The molecule has 0 aromatic heterocycles. The molecule has 0 bridgehead atoms. The fourth-order valence-corrected chi connectivity index (χ4v) is 2.27. The lowest BCUT2D eigenvalue weighted by molar-refractivity contribution is -0.160. The van der Waals surface area contributed by atoms with E-state index in [0.717, 1.165) is 0 Å². The molecule has 0 spiro atoms. The van der Waals surface area contributed by atoms with Crippen LogP contribution in [-0.4, -0.2) is 34.8 Å². The molecule has 1 aliphatic heterocycles. The molecule has 1 heterocycles. The van der Waals surface area contributed by atoms with Crippen molar-refractivity contribution in [3.8, 4) is 0 Å². The van der Waals surface area contributed by atoms with Gasteiger partial charge in [-0.25, -0.2) is 0 Å². The van der Waals surface area contributed by atoms with Crippen LogP contribution in [0.4, 0.5) is 0 Å². The van der Waals surface area contributed by atoms with Crippen LogP contribution in [-0.2, 0) is 9.59 Å². The second-order valence-corrected chi connectivity index (χ2v) is 4.68. The highest BCUT2D eigenvalue weighted by molar-refractivity contribution is 6.01. The van der Waals surface area contributed by atoms with E-state index < -0.39 is 11.1 Å². The van der Waals surface area contributed by atoms with Crippen molar-refractivity contribution >= 4 is 11.8 Å². The highest BCUT2D eigenvalue weighted by Gasteiger charge is 2.51. The van der Waals surface area contributed by atoms with E-state index in [4.69, 9.17) is 0 Å². The van der Waals surface area contributed by atoms with Crippen LogP contribution in [0.3, 0.4) is 0 Å². The zero-order valence-corrected chi connectivity index (χ0v) is 10.2. The summed E-state index contributed by atoms with van der Waals surface area (Å²) < 4.78 is 0. The Hall–Kier alpha value is -1.06. The molecule has 0 aromatic rings. The van der Waals surface area contributed by atoms with Crippen molar-refractivity contribution in [3.63, 3.8) is 0 Å². The summed E-state index contributed by atoms with van der Waals surface area (Å²) in [7, 11) is 1.72. The normalized spacial score (nSPS) is 23.9. The maximum absolute atomic E-state index is 12.0. The Labute approximate surface area is 91.0 Å². The van der Waals surface area contributed by atoms with Gasteiger partial charge in [-0.05, 0) is 26.7 Å². The number of hydrogen-bond acceptors (Lipinski definition) is 2. The van der Waals surface area contributed by atoms with Crippen molar-refractivity contribution in [3.05, 3.63) is 0 Å². The molecule has 1 N–H and O–H groups in total. The molecule has 1 fully saturated rings. The number of hydrogen-bond donors (Lipinski definition) is 1. The zero-order chi connectivity index (χ0) is 11.9. The number of piperazine rings is 1. The molecule has 86 valence electrons. The summed E-state index contributed by atoms with van der Waals surface area (Å²) in [4.78, 5) is 25.7. The monoisotopic (exact) mass is 212 g/mol. The molecule has 1 rings (SSSR count). The van der Waals surface area contributed by atoms with Gasteiger partial charge in [-0.15, -0.1) is 0 Å². The highest BCUT2D eigenvalue weighted by Crippen LogP contribution is 2.30. The highest BCUT2D eigenvalue weighted by atomic mass is 16.2. The van der Waals surface area contributed by atoms with Crippen molar-refractivity contribution in [2.24, 2.45) is 0 Å². The third-order valence-corrected chi connectivity index (χ3v) is 3.50. The third-order valence-electron chi connectivity index (χ3n) is 3.50. The van der Waals surface area contributed by atoms with Gasteiger partial charge in [0.05, 0.1) is 0 Å². The molecule has 0 aromatic carbocycles. The minimum absolute atomic E-state index is 0.0224. The lowest BCUT2D eigenvalue weighted by Gasteiger charge is -2.48. The first kappa shape index (κ1) is 12.0. The van der Waals surface area contributed by atoms with E-state index in [-0.39, 0.29) is 11.8 Å². The van der Waals surface area contributed by atoms with E-state index in [0.29, 0.717) is 12.8 Å². The average molecular weight is 212 g/mol.